The van der Waals surface area contributed by atoms with E-state index in [9.17, 15) is 22.8 Å². The van der Waals surface area contributed by atoms with Gasteiger partial charge in [0.2, 0.25) is 11.7 Å². The normalized spacial score (nSPS) is 10.5. The lowest BCUT2D eigenvalue weighted by Gasteiger charge is -2.07. The zero-order valence-electron chi connectivity index (χ0n) is 15.5. The summed E-state index contributed by atoms with van der Waals surface area (Å²) in [7, 11) is 0. The first-order chi connectivity index (χ1) is 14.5. The number of carbonyl (C=O) groups excluding carboxylic acids is 2. The van der Waals surface area contributed by atoms with Crippen LogP contribution in [0.5, 0.6) is 0 Å². The molecule has 5 N–H and O–H groups in total. The summed E-state index contributed by atoms with van der Waals surface area (Å²) in [6, 6.07) is 9.87. The van der Waals surface area contributed by atoms with E-state index < -0.39 is 18.1 Å². The van der Waals surface area contributed by atoms with Gasteiger partial charge in [0.1, 0.15) is 0 Å². The molecule has 0 aliphatic rings. The summed E-state index contributed by atoms with van der Waals surface area (Å²) in [4.78, 5) is 45.0. The van der Waals surface area contributed by atoms with E-state index in [1.807, 2.05) is 0 Å². The van der Waals surface area contributed by atoms with Crippen molar-refractivity contribution in [3.8, 4) is 11.3 Å². The van der Waals surface area contributed by atoms with Gasteiger partial charge in [-0.15, -0.1) is 0 Å². The second-order valence-corrected chi connectivity index (χ2v) is 5.81. The summed E-state index contributed by atoms with van der Waals surface area (Å²) in [5.41, 5.74) is 12.8. The number of rotatable bonds is 4. The third kappa shape index (κ3) is 6.06. The highest BCUT2D eigenvalue weighted by Gasteiger charge is 2.38. The second-order valence-electron chi connectivity index (χ2n) is 5.81. The highest BCUT2D eigenvalue weighted by molar-refractivity contribution is 6.10. The number of amides is 1. The van der Waals surface area contributed by atoms with Crippen molar-refractivity contribution in [2.24, 2.45) is 5.73 Å². The van der Waals surface area contributed by atoms with Gasteiger partial charge in [0, 0.05) is 29.1 Å². The quantitative estimate of drug-likeness (QED) is 0.527. The maximum Gasteiger partial charge on any atom is 0.490 e. The maximum atomic E-state index is 12.5. The molecule has 0 atom stereocenters. The van der Waals surface area contributed by atoms with Crippen LogP contribution in [0.25, 0.3) is 11.3 Å². The fourth-order valence-corrected chi connectivity index (χ4v) is 2.17. The number of carboxylic acid groups (broad SMARTS) is 1. The molecule has 0 unspecified atom stereocenters. The Morgan fingerprint density at radius 3 is 2.19 bits per heavy atom. The lowest BCUT2D eigenvalue weighted by atomic mass is 10.1. The summed E-state index contributed by atoms with van der Waals surface area (Å²) in [6.45, 7) is 0. The van der Waals surface area contributed by atoms with Crippen LogP contribution in [0.3, 0.4) is 0 Å². The van der Waals surface area contributed by atoms with Crippen LogP contribution in [-0.2, 0) is 4.79 Å². The molecule has 31 heavy (non-hydrogen) atoms. The molecule has 0 bridgehead atoms. The van der Waals surface area contributed by atoms with Gasteiger partial charge < -0.3 is 16.6 Å². The molecule has 2 heterocycles. The summed E-state index contributed by atoms with van der Waals surface area (Å²) in [6.07, 6.45) is -0.642. The number of carboxylic acids is 1. The lowest BCUT2D eigenvalue weighted by molar-refractivity contribution is -0.192. The number of ketones is 1. The topological polar surface area (TPSA) is 162 Å². The Morgan fingerprint density at radius 1 is 1.00 bits per heavy atom. The maximum absolute atomic E-state index is 12.5. The Labute approximate surface area is 172 Å². The van der Waals surface area contributed by atoms with E-state index in [-0.39, 0.29) is 17.3 Å². The number of anilines is 1. The van der Waals surface area contributed by atoms with Crippen LogP contribution in [0.4, 0.5) is 19.0 Å². The number of aromatic nitrogens is 3. The summed E-state index contributed by atoms with van der Waals surface area (Å²) in [5.74, 6) is -3.65. The van der Waals surface area contributed by atoms with E-state index >= 15 is 0 Å². The highest BCUT2D eigenvalue weighted by Crippen LogP contribution is 2.21. The standard InChI is InChI=1S/C17H13N5O2.C2HF3O2/c18-16-14(15(23)12-5-2-6-20-8-12)22-13(9-21-16)10-3-1-4-11(7-10)17(19)24;3-2(4,5)1(6)7/h1-9H,(H2,18,21)(H2,19,24);(H,6,7). The first-order valence-corrected chi connectivity index (χ1v) is 8.28. The monoisotopic (exact) mass is 433 g/mol. The van der Waals surface area contributed by atoms with Gasteiger partial charge in [-0.1, -0.05) is 12.1 Å². The fourth-order valence-electron chi connectivity index (χ4n) is 2.17. The number of primary amides is 1. The van der Waals surface area contributed by atoms with Gasteiger partial charge >= 0.3 is 12.1 Å². The Bertz CT molecular complexity index is 1120. The van der Waals surface area contributed by atoms with Gasteiger partial charge in [-0.05, 0) is 24.3 Å². The second kappa shape index (κ2) is 9.43. The van der Waals surface area contributed by atoms with Crippen LogP contribution in [0.1, 0.15) is 26.4 Å². The van der Waals surface area contributed by atoms with Crippen LogP contribution in [0.2, 0.25) is 0 Å². The van der Waals surface area contributed by atoms with Crippen molar-refractivity contribution < 1.29 is 32.7 Å². The number of benzene rings is 1. The Kier molecular flexibility index (Phi) is 6.98. The molecule has 9 nitrogen and oxygen atoms in total. The number of aliphatic carboxylic acids is 1. The van der Waals surface area contributed by atoms with Gasteiger partial charge in [-0.3, -0.25) is 14.6 Å². The number of hydrogen-bond acceptors (Lipinski definition) is 7. The van der Waals surface area contributed by atoms with E-state index in [0.29, 0.717) is 22.4 Å². The molecule has 0 radical (unpaired) electrons. The fraction of sp³-hybridized carbons (Fsp3) is 0.0526. The number of nitrogen functional groups attached to an aromatic ring is 1. The summed E-state index contributed by atoms with van der Waals surface area (Å²) < 4.78 is 31.7. The zero-order chi connectivity index (χ0) is 23.2. The van der Waals surface area contributed by atoms with Gasteiger partial charge in [0.15, 0.2) is 11.5 Å². The molecule has 1 amide bonds. The molecule has 3 aromatic rings. The highest BCUT2D eigenvalue weighted by atomic mass is 19.4. The van der Waals surface area contributed by atoms with Crippen molar-refractivity contribution in [2.45, 2.75) is 6.18 Å². The van der Waals surface area contributed by atoms with Gasteiger partial charge in [-0.25, -0.2) is 14.8 Å². The summed E-state index contributed by atoms with van der Waals surface area (Å²) >= 11 is 0. The van der Waals surface area contributed by atoms with Crippen molar-refractivity contribution in [3.05, 3.63) is 71.8 Å². The Balaban J connectivity index is 0.000000423. The molecule has 160 valence electrons. The van der Waals surface area contributed by atoms with Crippen molar-refractivity contribution in [2.75, 3.05) is 5.73 Å². The molecule has 0 spiro atoms. The average molecular weight is 433 g/mol. The van der Waals surface area contributed by atoms with Crippen molar-refractivity contribution in [3.63, 3.8) is 0 Å². The molecule has 0 saturated heterocycles. The SMILES string of the molecule is NC(=O)c1cccc(-c2cnc(N)c(C(=O)c3cccnc3)n2)c1.O=C(O)C(F)(F)F. The first-order valence-electron chi connectivity index (χ1n) is 8.28. The smallest absolute Gasteiger partial charge is 0.475 e. The zero-order valence-corrected chi connectivity index (χ0v) is 15.5. The number of nitrogens with two attached hydrogens (primary N) is 2. The minimum absolute atomic E-state index is 0.0265. The molecule has 12 heteroatoms. The van der Waals surface area contributed by atoms with Gasteiger partial charge in [0.25, 0.3) is 0 Å². The van der Waals surface area contributed by atoms with E-state index in [1.54, 1.807) is 42.6 Å². The summed E-state index contributed by atoms with van der Waals surface area (Å²) in [5, 5.41) is 7.12. The predicted molar refractivity (Wildman–Crippen MR) is 102 cm³/mol. The number of hydrogen-bond donors (Lipinski definition) is 3. The van der Waals surface area contributed by atoms with Crippen LogP contribution >= 0.6 is 0 Å². The Hall–Kier alpha value is -4.35. The number of nitrogens with zero attached hydrogens (tertiary/aromatic N) is 3. The van der Waals surface area contributed by atoms with E-state index in [1.165, 1.54) is 12.4 Å². The van der Waals surface area contributed by atoms with Crippen LogP contribution < -0.4 is 11.5 Å². The van der Waals surface area contributed by atoms with Gasteiger partial charge in [-0.2, -0.15) is 13.2 Å². The van der Waals surface area contributed by atoms with Crippen molar-refractivity contribution in [1.82, 2.24) is 15.0 Å². The lowest BCUT2D eigenvalue weighted by Crippen LogP contribution is -2.21. The van der Waals surface area contributed by atoms with Crippen LogP contribution in [-0.4, -0.2) is 43.9 Å². The van der Waals surface area contributed by atoms with Crippen LogP contribution in [0, 0.1) is 0 Å². The molecule has 0 aliphatic heterocycles. The third-order valence-corrected chi connectivity index (χ3v) is 3.62. The third-order valence-electron chi connectivity index (χ3n) is 3.62. The van der Waals surface area contributed by atoms with Gasteiger partial charge in [0.05, 0.1) is 11.9 Å². The molecular formula is C19H14F3N5O4. The van der Waals surface area contributed by atoms with Crippen molar-refractivity contribution >= 4 is 23.5 Å². The molecule has 3 rings (SSSR count). The van der Waals surface area contributed by atoms with E-state index in [0.717, 1.165) is 0 Å². The largest absolute Gasteiger partial charge is 0.490 e. The van der Waals surface area contributed by atoms with E-state index in [4.69, 9.17) is 21.4 Å². The molecule has 0 saturated carbocycles. The van der Waals surface area contributed by atoms with Crippen LogP contribution in [0.15, 0.2) is 55.0 Å². The van der Waals surface area contributed by atoms with E-state index in [2.05, 4.69) is 15.0 Å². The molecular weight excluding hydrogens is 419 g/mol. The number of alkyl halides is 3. The first kappa shape index (κ1) is 22.9. The number of halogens is 3. The minimum atomic E-state index is -5.08. The average Bonchev–Trinajstić information content (AvgIpc) is 2.74. The molecule has 2 aromatic heterocycles. The Morgan fingerprint density at radius 2 is 1.65 bits per heavy atom. The predicted octanol–water partition coefficient (Wildman–Crippen LogP) is 2.08. The molecule has 0 aliphatic carbocycles. The van der Waals surface area contributed by atoms with Crippen molar-refractivity contribution in [1.29, 1.82) is 0 Å². The molecule has 0 fully saturated rings. The number of carbonyl (C=O) groups is 3. The number of pyridine rings is 1. The molecule has 1 aromatic carbocycles. The minimum Gasteiger partial charge on any atom is -0.475 e.